The first-order valence-electron chi connectivity index (χ1n) is 12.4. The van der Waals surface area contributed by atoms with Gasteiger partial charge in [-0.25, -0.2) is 9.18 Å². The van der Waals surface area contributed by atoms with Crippen LogP contribution >= 0.6 is 0 Å². The maximum atomic E-state index is 14.8. The second kappa shape index (κ2) is 13.0. The van der Waals surface area contributed by atoms with Crippen molar-refractivity contribution in [3.8, 4) is 22.3 Å². The Morgan fingerprint density at radius 2 is 1.60 bits per heavy atom. The second-order valence-electron chi connectivity index (χ2n) is 9.01. The van der Waals surface area contributed by atoms with E-state index in [1.54, 1.807) is 13.0 Å². The number of aliphatic hydroxyl groups excluding tert-OH is 1. The molecule has 3 aromatic carbocycles. The van der Waals surface area contributed by atoms with Crippen LogP contribution in [0.2, 0.25) is 0 Å². The first-order chi connectivity index (χ1) is 16.9. The molecule has 3 nitrogen and oxygen atoms in total. The Labute approximate surface area is 208 Å². The van der Waals surface area contributed by atoms with Gasteiger partial charge in [0.15, 0.2) is 0 Å². The summed E-state index contributed by atoms with van der Waals surface area (Å²) in [7, 11) is 0. The van der Waals surface area contributed by atoms with E-state index in [2.05, 4.69) is 19.6 Å². The number of hydrogen-bond acceptors (Lipinski definition) is 3. The van der Waals surface area contributed by atoms with E-state index in [9.17, 15) is 14.3 Å². The van der Waals surface area contributed by atoms with Crippen LogP contribution in [0.3, 0.4) is 0 Å². The number of benzene rings is 3. The highest BCUT2D eigenvalue weighted by Crippen LogP contribution is 2.29. The smallest absolute Gasteiger partial charge is 0.333 e. The third-order valence-corrected chi connectivity index (χ3v) is 6.18. The van der Waals surface area contributed by atoms with Crippen LogP contribution in [0.1, 0.15) is 56.2 Å². The van der Waals surface area contributed by atoms with Gasteiger partial charge in [-0.3, -0.25) is 0 Å². The predicted molar refractivity (Wildman–Crippen MR) is 141 cm³/mol. The summed E-state index contributed by atoms with van der Waals surface area (Å²) in [6.07, 6.45) is 5.65. The van der Waals surface area contributed by atoms with E-state index < -0.39 is 0 Å². The fourth-order valence-electron chi connectivity index (χ4n) is 4.11. The fourth-order valence-corrected chi connectivity index (χ4v) is 4.11. The van der Waals surface area contributed by atoms with Crippen molar-refractivity contribution in [2.45, 2.75) is 59.0 Å². The van der Waals surface area contributed by atoms with Gasteiger partial charge in [0, 0.05) is 11.1 Å². The highest BCUT2D eigenvalue weighted by atomic mass is 19.1. The number of aliphatic hydroxyl groups is 1. The third kappa shape index (κ3) is 7.37. The summed E-state index contributed by atoms with van der Waals surface area (Å²) in [5, 5.41) is 9.73. The molecule has 4 heteroatoms. The van der Waals surface area contributed by atoms with E-state index in [0.717, 1.165) is 59.1 Å². The molecule has 0 bridgehead atoms. The van der Waals surface area contributed by atoms with Crippen LogP contribution in [-0.4, -0.2) is 17.7 Å². The zero-order chi connectivity index (χ0) is 25.2. The molecule has 0 aliphatic carbocycles. The molecule has 0 heterocycles. The lowest BCUT2D eigenvalue weighted by atomic mass is 9.95. The molecule has 0 aliphatic heterocycles. The van der Waals surface area contributed by atoms with Gasteiger partial charge in [-0.15, -0.1) is 0 Å². The van der Waals surface area contributed by atoms with Crippen LogP contribution < -0.4 is 0 Å². The normalized spacial score (nSPS) is 10.9. The molecule has 0 spiro atoms. The molecular formula is C31H35FO3. The van der Waals surface area contributed by atoms with E-state index in [1.807, 2.05) is 48.5 Å². The highest BCUT2D eigenvalue weighted by Gasteiger charge is 2.10. The molecule has 0 atom stereocenters. The number of ether oxygens (including phenoxy) is 1. The number of carbonyl (C=O) groups excluding carboxylic acids is 1. The van der Waals surface area contributed by atoms with Gasteiger partial charge < -0.3 is 9.84 Å². The van der Waals surface area contributed by atoms with E-state index in [0.29, 0.717) is 30.6 Å². The first-order valence-corrected chi connectivity index (χ1v) is 12.4. The molecule has 0 saturated carbocycles. The van der Waals surface area contributed by atoms with Gasteiger partial charge in [-0.05, 0) is 72.1 Å². The lowest BCUT2D eigenvalue weighted by Gasteiger charge is -2.12. The summed E-state index contributed by atoms with van der Waals surface area (Å²) in [6.45, 7) is 7.63. The number of esters is 1. The van der Waals surface area contributed by atoms with Crippen molar-refractivity contribution in [3.05, 3.63) is 95.3 Å². The zero-order valence-corrected chi connectivity index (χ0v) is 20.8. The molecule has 3 rings (SSSR count). The van der Waals surface area contributed by atoms with E-state index in [4.69, 9.17) is 4.74 Å². The number of carbonyl (C=O) groups is 1. The average Bonchev–Trinajstić information content (AvgIpc) is 2.86. The molecule has 0 amide bonds. The molecule has 1 N–H and O–H groups in total. The number of hydrogen-bond donors (Lipinski definition) is 1. The van der Waals surface area contributed by atoms with Crippen LogP contribution in [0.15, 0.2) is 72.8 Å². The molecule has 0 aromatic heterocycles. The number of rotatable bonds is 12. The second-order valence-corrected chi connectivity index (χ2v) is 9.01. The van der Waals surface area contributed by atoms with Gasteiger partial charge in [-0.2, -0.15) is 0 Å². The average molecular weight is 475 g/mol. The van der Waals surface area contributed by atoms with Crippen LogP contribution in [-0.2, 0) is 29.0 Å². The van der Waals surface area contributed by atoms with Crippen LogP contribution in [0.4, 0.5) is 4.39 Å². The Bertz CT molecular complexity index is 1150. The van der Waals surface area contributed by atoms with Gasteiger partial charge in [0.1, 0.15) is 5.82 Å². The molecule has 0 saturated heterocycles. The Balaban J connectivity index is 1.71. The summed E-state index contributed by atoms with van der Waals surface area (Å²) in [4.78, 5) is 11.6. The molecule has 0 fully saturated rings. The lowest BCUT2D eigenvalue weighted by molar-refractivity contribution is -0.139. The molecule has 0 unspecified atom stereocenters. The van der Waals surface area contributed by atoms with Crippen molar-refractivity contribution in [3.63, 3.8) is 0 Å². The van der Waals surface area contributed by atoms with E-state index in [1.165, 1.54) is 0 Å². The quantitative estimate of drug-likeness (QED) is 0.169. The number of halogens is 1. The zero-order valence-electron chi connectivity index (χ0n) is 20.8. The van der Waals surface area contributed by atoms with Gasteiger partial charge in [-0.1, -0.05) is 80.9 Å². The third-order valence-electron chi connectivity index (χ3n) is 6.18. The monoisotopic (exact) mass is 474 g/mol. The van der Waals surface area contributed by atoms with Crippen molar-refractivity contribution in [2.24, 2.45) is 0 Å². The topological polar surface area (TPSA) is 46.5 Å². The fraction of sp³-hybridized carbons (Fsp3) is 0.323. The number of unbranched alkanes of at least 4 members (excludes halogenated alkanes) is 2. The minimum absolute atomic E-state index is 0.0478. The van der Waals surface area contributed by atoms with Crippen molar-refractivity contribution < 1.29 is 19.0 Å². The Hall–Kier alpha value is -3.24. The molecular weight excluding hydrogens is 439 g/mol. The summed E-state index contributed by atoms with van der Waals surface area (Å²) in [6, 6.07) is 19.4. The van der Waals surface area contributed by atoms with Gasteiger partial charge in [0.25, 0.3) is 0 Å². The Morgan fingerprint density at radius 1 is 0.886 bits per heavy atom. The first kappa shape index (κ1) is 26.4. The standard InChI is InChI=1S/C31H35FO3/c1-4-5-6-8-23-10-17-29(30(32)19-23)25-13-11-24(12-14-25)27-15-16-28(21-33)26(20-27)9-7-18-35-31(34)22(2)3/h10-17,19-20,33H,2,4-9,18,21H2,1,3H3. The summed E-state index contributed by atoms with van der Waals surface area (Å²) < 4.78 is 20.0. The predicted octanol–water partition coefficient (Wildman–Crippen LogP) is 7.44. The SMILES string of the molecule is C=C(C)C(=O)OCCCc1cc(-c2ccc(-c3ccc(CCCCC)cc3F)cc2)ccc1CO. The molecule has 0 aliphatic rings. The molecule has 0 radical (unpaired) electrons. The van der Waals surface area contributed by atoms with Crippen LogP contribution in [0.25, 0.3) is 22.3 Å². The van der Waals surface area contributed by atoms with Crippen molar-refractivity contribution >= 4 is 5.97 Å². The van der Waals surface area contributed by atoms with Crippen molar-refractivity contribution in [1.29, 1.82) is 0 Å². The lowest BCUT2D eigenvalue weighted by Crippen LogP contribution is -2.07. The molecule has 3 aromatic rings. The summed E-state index contributed by atoms with van der Waals surface area (Å²) in [5.41, 5.74) is 6.80. The maximum absolute atomic E-state index is 14.8. The highest BCUT2D eigenvalue weighted by molar-refractivity contribution is 5.86. The van der Waals surface area contributed by atoms with Gasteiger partial charge in [0.05, 0.1) is 13.2 Å². The molecule has 35 heavy (non-hydrogen) atoms. The minimum Gasteiger partial charge on any atom is -0.462 e. The maximum Gasteiger partial charge on any atom is 0.333 e. The largest absolute Gasteiger partial charge is 0.462 e. The Kier molecular flexibility index (Phi) is 9.80. The number of aryl methyl sites for hydroxylation is 2. The van der Waals surface area contributed by atoms with Crippen LogP contribution in [0, 0.1) is 5.82 Å². The summed E-state index contributed by atoms with van der Waals surface area (Å²) >= 11 is 0. The van der Waals surface area contributed by atoms with Crippen LogP contribution in [0.5, 0.6) is 0 Å². The minimum atomic E-state index is -0.385. The van der Waals surface area contributed by atoms with E-state index in [-0.39, 0.29) is 18.4 Å². The summed E-state index contributed by atoms with van der Waals surface area (Å²) in [5.74, 6) is -0.572. The van der Waals surface area contributed by atoms with Crippen molar-refractivity contribution in [2.75, 3.05) is 6.61 Å². The Morgan fingerprint density at radius 3 is 2.26 bits per heavy atom. The van der Waals surface area contributed by atoms with Gasteiger partial charge in [0.2, 0.25) is 0 Å². The van der Waals surface area contributed by atoms with Crippen molar-refractivity contribution in [1.82, 2.24) is 0 Å². The van der Waals surface area contributed by atoms with Gasteiger partial charge >= 0.3 is 5.97 Å². The molecule has 184 valence electrons. The van der Waals surface area contributed by atoms with E-state index >= 15 is 0 Å².